The average Bonchev–Trinajstić information content (AvgIpc) is 3.19. The maximum absolute atomic E-state index is 12.6. The number of fused-ring (bicyclic) bond motifs is 1. The van der Waals surface area contributed by atoms with Crippen molar-refractivity contribution in [3.8, 4) is 11.3 Å². The predicted molar refractivity (Wildman–Crippen MR) is 101 cm³/mol. The molecule has 4 rings (SSSR count). The third-order valence-corrected chi connectivity index (χ3v) is 4.30. The molecule has 134 valence electrons. The van der Waals surface area contributed by atoms with Crippen molar-refractivity contribution in [3.63, 3.8) is 0 Å². The van der Waals surface area contributed by atoms with E-state index in [2.05, 4.69) is 20.3 Å². The Hall–Kier alpha value is -3.74. The molecule has 27 heavy (non-hydrogen) atoms. The summed E-state index contributed by atoms with van der Waals surface area (Å²) in [6.45, 7) is 1.80. The van der Waals surface area contributed by atoms with Crippen LogP contribution in [0.3, 0.4) is 0 Å². The summed E-state index contributed by atoms with van der Waals surface area (Å²) in [6.07, 6.45) is 4.61. The van der Waals surface area contributed by atoms with Gasteiger partial charge in [0.1, 0.15) is 17.0 Å². The first kappa shape index (κ1) is 16.7. The highest BCUT2D eigenvalue weighted by molar-refractivity contribution is 5.93. The molecule has 3 aromatic heterocycles. The number of imidazole rings is 1. The Bertz CT molecular complexity index is 1160. The summed E-state index contributed by atoms with van der Waals surface area (Å²) in [5.41, 5.74) is 1.94. The van der Waals surface area contributed by atoms with Crippen LogP contribution in [-0.4, -0.2) is 25.3 Å². The first-order chi connectivity index (χ1) is 13.1. The number of aromatic amines is 1. The fraction of sp³-hybridized carbons (Fsp3) is 0.100. The molecular weight excluding hydrogens is 342 g/mol. The number of nitrogens with zero attached hydrogens (tertiary/aromatic N) is 3. The largest absolute Gasteiger partial charge is 0.342 e. The highest BCUT2D eigenvalue weighted by atomic mass is 16.2. The van der Waals surface area contributed by atoms with Crippen LogP contribution in [0, 0.1) is 0 Å². The standard InChI is InChI=1S/C20H17N5O2/c1-13(18-22-12-16(24-18)14-7-3-2-4-8-14)23-19(26)15-11-21-17-9-5-6-10-25(17)20(15)27/h2-13H,1H3,(H,22,24)(H,23,26)/t13-/m0/s1. The molecule has 2 N–H and O–H groups in total. The van der Waals surface area contributed by atoms with Crippen molar-refractivity contribution < 1.29 is 4.79 Å². The number of hydrogen-bond donors (Lipinski definition) is 2. The zero-order valence-electron chi connectivity index (χ0n) is 14.6. The topological polar surface area (TPSA) is 92.2 Å². The van der Waals surface area contributed by atoms with Gasteiger partial charge in [0.25, 0.3) is 11.5 Å². The molecule has 1 aromatic carbocycles. The van der Waals surface area contributed by atoms with E-state index in [1.807, 2.05) is 30.3 Å². The van der Waals surface area contributed by atoms with E-state index in [9.17, 15) is 9.59 Å². The molecule has 0 saturated carbocycles. The van der Waals surface area contributed by atoms with E-state index < -0.39 is 17.5 Å². The SMILES string of the molecule is C[C@H](NC(=O)c1cnc2ccccn2c1=O)c1ncc(-c2ccccc2)[nH]1. The van der Waals surface area contributed by atoms with Gasteiger partial charge >= 0.3 is 0 Å². The number of aromatic nitrogens is 4. The minimum absolute atomic E-state index is 0.0135. The van der Waals surface area contributed by atoms with Gasteiger partial charge in [-0.3, -0.25) is 14.0 Å². The maximum Gasteiger partial charge on any atom is 0.270 e. The van der Waals surface area contributed by atoms with Crippen LogP contribution in [0.4, 0.5) is 0 Å². The predicted octanol–water partition coefficient (Wildman–Crippen LogP) is 2.58. The second kappa shape index (κ2) is 6.87. The van der Waals surface area contributed by atoms with Crippen LogP contribution < -0.4 is 10.9 Å². The van der Waals surface area contributed by atoms with E-state index >= 15 is 0 Å². The second-order valence-electron chi connectivity index (χ2n) is 6.15. The molecule has 4 aromatic rings. The van der Waals surface area contributed by atoms with Crippen LogP contribution >= 0.6 is 0 Å². The van der Waals surface area contributed by atoms with Crippen molar-refractivity contribution in [2.24, 2.45) is 0 Å². The molecule has 0 aliphatic heterocycles. The zero-order chi connectivity index (χ0) is 18.8. The van der Waals surface area contributed by atoms with E-state index in [1.165, 1.54) is 10.6 Å². The van der Waals surface area contributed by atoms with Crippen LogP contribution in [0.1, 0.15) is 29.1 Å². The summed E-state index contributed by atoms with van der Waals surface area (Å²) < 4.78 is 1.35. The van der Waals surface area contributed by atoms with Crippen molar-refractivity contribution in [1.29, 1.82) is 0 Å². The molecule has 0 unspecified atom stereocenters. The summed E-state index contributed by atoms with van der Waals surface area (Å²) in [7, 11) is 0. The number of hydrogen-bond acceptors (Lipinski definition) is 4. The average molecular weight is 359 g/mol. The van der Waals surface area contributed by atoms with Gasteiger partial charge in [-0.25, -0.2) is 9.97 Å². The zero-order valence-corrected chi connectivity index (χ0v) is 14.6. The Kier molecular flexibility index (Phi) is 4.25. The fourth-order valence-electron chi connectivity index (χ4n) is 2.85. The van der Waals surface area contributed by atoms with Crippen LogP contribution in [-0.2, 0) is 0 Å². The normalized spacial score (nSPS) is 12.0. The van der Waals surface area contributed by atoms with Gasteiger partial charge < -0.3 is 10.3 Å². The highest BCUT2D eigenvalue weighted by Gasteiger charge is 2.18. The lowest BCUT2D eigenvalue weighted by Gasteiger charge is -2.11. The Morgan fingerprint density at radius 2 is 1.85 bits per heavy atom. The first-order valence-corrected chi connectivity index (χ1v) is 8.51. The van der Waals surface area contributed by atoms with Crippen LogP contribution in [0.2, 0.25) is 0 Å². The number of benzene rings is 1. The van der Waals surface area contributed by atoms with Crippen LogP contribution in [0.15, 0.2) is 71.9 Å². The quantitative estimate of drug-likeness (QED) is 0.586. The van der Waals surface area contributed by atoms with E-state index in [1.54, 1.807) is 37.5 Å². The number of carbonyl (C=O) groups excluding carboxylic acids is 1. The summed E-state index contributed by atoms with van der Waals surface area (Å²) in [6, 6.07) is 14.6. The van der Waals surface area contributed by atoms with Crippen LogP contribution in [0.25, 0.3) is 16.9 Å². The van der Waals surface area contributed by atoms with E-state index in [0.29, 0.717) is 11.5 Å². The Labute approximate surface area is 154 Å². The molecule has 0 aliphatic carbocycles. The van der Waals surface area contributed by atoms with Crippen molar-refractivity contribution in [2.45, 2.75) is 13.0 Å². The highest BCUT2D eigenvalue weighted by Crippen LogP contribution is 2.18. The summed E-state index contributed by atoms with van der Waals surface area (Å²) in [4.78, 5) is 36.8. The lowest BCUT2D eigenvalue weighted by atomic mass is 10.2. The smallest absolute Gasteiger partial charge is 0.270 e. The lowest BCUT2D eigenvalue weighted by molar-refractivity contribution is 0.0936. The molecule has 0 saturated heterocycles. The van der Waals surface area contributed by atoms with Gasteiger partial charge in [0.05, 0.1) is 17.9 Å². The second-order valence-corrected chi connectivity index (χ2v) is 6.15. The van der Waals surface area contributed by atoms with E-state index in [0.717, 1.165) is 11.3 Å². The first-order valence-electron chi connectivity index (χ1n) is 8.51. The van der Waals surface area contributed by atoms with Gasteiger partial charge in [-0.15, -0.1) is 0 Å². The number of rotatable bonds is 4. The molecule has 7 heteroatoms. The van der Waals surface area contributed by atoms with Gasteiger partial charge in [-0.2, -0.15) is 0 Å². The number of carbonyl (C=O) groups is 1. The summed E-state index contributed by atoms with van der Waals surface area (Å²) in [5.74, 6) is 0.118. The fourth-order valence-corrected chi connectivity index (χ4v) is 2.85. The summed E-state index contributed by atoms with van der Waals surface area (Å²) >= 11 is 0. The molecule has 1 atom stereocenters. The van der Waals surface area contributed by atoms with Gasteiger partial charge in [0.2, 0.25) is 0 Å². The molecule has 0 bridgehead atoms. The van der Waals surface area contributed by atoms with E-state index in [4.69, 9.17) is 0 Å². The molecule has 0 fully saturated rings. The van der Waals surface area contributed by atoms with Crippen LogP contribution in [0.5, 0.6) is 0 Å². The minimum atomic E-state index is -0.490. The molecule has 0 spiro atoms. The number of H-pyrrole nitrogens is 1. The van der Waals surface area contributed by atoms with Gasteiger partial charge in [0, 0.05) is 12.4 Å². The molecule has 7 nitrogen and oxygen atoms in total. The van der Waals surface area contributed by atoms with Crippen molar-refractivity contribution >= 4 is 11.6 Å². The Morgan fingerprint density at radius 3 is 2.67 bits per heavy atom. The van der Waals surface area contributed by atoms with Crippen molar-refractivity contribution in [3.05, 3.63) is 88.9 Å². The number of nitrogens with one attached hydrogen (secondary N) is 2. The summed E-state index contributed by atoms with van der Waals surface area (Å²) in [5, 5.41) is 2.80. The van der Waals surface area contributed by atoms with Crippen molar-refractivity contribution in [2.75, 3.05) is 0 Å². The number of amides is 1. The lowest BCUT2D eigenvalue weighted by Crippen LogP contribution is -2.33. The van der Waals surface area contributed by atoms with Crippen molar-refractivity contribution in [1.82, 2.24) is 24.7 Å². The molecule has 1 amide bonds. The Morgan fingerprint density at radius 1 is 1.07 bits per heavy atom. The monoisotopic (exact) mass is 359 g/mol. The third kappa shape index (κ3) is 3.22. The third-order valence-electron chi connectivity index (χ3n) is 4.30. The Balaban J connectivity index is 1.56. The molecule has 3 heterocycles. The molecule has 0 radical (unpaired) electrons. The minimum Gasteiger partial charge on any atom is -0.342 e. The number of pyridine rings is 1. The molecular formula is C20H17N5O2. The maximum atomic E-state index is 12.6. The van der Waals surface area contributed by atoms with Gasteiger partial charge in [-0.05, 0) is 24.6 Å². The molecule has 0 aliphatic rings. The van der Waals surface area contributed by atoms with E-state index in [-0.39, 0.29) is 5.56 Å². The van der Waals surface area contributed by atoms with Gasteiger partial charge in [-0.1, -0.05) is 36.4 Å². The van der Waals surface area contributed by atoms with Gasteiger partial charge in [0.15, 0.2) is 0 Å².